The molecule has 0 aliphatic heterocycles. The molecule has 0 amide bonds. The van der Waals surface area contributed by atoms with Crippen LogP contribution in [0.25, 0.3) is 0 Å². The molecule has 0 unspecified atom stereocenters. The summed E-state index contributed by atoms with van der Waals surface area (Å²) in [6.45, 7) is 6.18. The van der Waals surface area contributed by atoms with E-state index in [1.54, 1.807) is 0 Å². The van der Waals surface area contributed by atoms with Crippen LogP contribution in [0.5, 0.6) is 0 Å². The Morgan fingerprint density at radius 2 is 2.09 bits per heavy atom. The average molecular weight is 160 g/mol. The second-order valence-electron chi connectivity index (χ2n) is 2.59. The number of hydrogen-bond acceptors (Lipinski definition) is 3. The van der Waals surface area contributed by atoms with Gasteiger partial charge in [0.15, 0.2) is 0 Å². The summed E-state index contributed by atoms with van der Waals surface area (Å²) < 4.78 is 0. The highest BCUT2D eigenvalue weighted by molar-refractivity contribution is 4.49. The van der Waals surface area contributed by atoms with E-state index in [4.69, 9.17) is 0 Å². The van der Waals surface area contributed by atoms with Gasteiger partial charge in [-0.15, -0.1) is 5.01 Å². The zero-order valence-corrected chi connectivity index (χ0v) is 7.15. The second kappa shape index (κ2) is 4.76. The summed E-state index contributed by atoms with van der Waals surface area (Å²) in [6, 6.07) is 0.0187. The maximum Gasteiger partial charge on any atom is 0.0820 e. The predicted molar refractivity (Wildman–Crippen MR) is 41.6 cm³/mol. The molecule has 0 rings (SSSR count). The zero-order chi connectivity index (χ0) is 8.85. The first-order valence-corrected chi connectivity index (χ1v) is 3.70. The van der Waals surface area contributed by atoms with Crippen molar-refractivity contribution in [3.8, 4) is 0 Å². The summed E-state index contributed by atoms with van der Waals surface area (Å²) in [7, 11) is 0. The third kappa shape index (κ3) is 3.06. The first-order valence-electron chi connectivity index (χ1n) is 3.70. The molecule has 0 saturated heterocycles. The number of nitrogens with zero attached hydrogens (tertiary/aromatic N) is 3. The summed E-state index contributed by atoms with van der Waals surface area (Å²) in [6.07, 6.45) is 0.826. The molecule has 66 valence electrons. The lowest BCUT2D eigenvalue weighted by Gasteiger charge is -2.22. The van der Waals surface area contributed by atoms with Gasteiger partial charge in [-0.3, -0.25) is 0 Å². The molecule has 0 saturated carbocycles. The Labute approximate surface area is 66.4 Å². The van der Waals surface area contributed by atoms with E-state index < -0.39 is 0 Å². The highest BCUT2D eigenvalue weighted by atomic mass is 16.6. The molecule has 0 bridgehead atoms. The molecule has 0 radical (unpaired) electrons. The molecule has 0 aliphatic rings. The average Bonchev–Trinajstić information content (AvgIpc) is 1.98. The van der Waals surface area contributed by atoms with Gasteiger partial charge in [0.05, 0.1) is 12.6 Å². The van der Waals surface area contributed by atoms with Crippen LogP contribution < -0.4 is 0 Å². The normalized spacial score (nSPS) is 12.2. The highest BCUT2D eigenvalue weighted by Gasteiger charge is 2.13. The molecule has 0 aromatic heterocycles. The SMILES string of the molecule is CCCN(C(C)C)/[N+]([O-])=N/[O-]. The molecule has 0 aromatic carbocycles. The first-order chi connectivity index (χ1) is 5.13. The van der Waals surface area contributed by atoms with Crippen LogP contribution >= 0.6 is 0 Å². The molecular weight excluding hydrogens is 146 g/mol. The summed E-state index contributed by atoms with van der Waals surface area (Å²) in [5.41, 5.74) is 0. The largest absolute Gasteiger partial charge is 0.737 e. The van der Waals surface area contributed by atoms with Crippen LogP contribution in [0.15, 0.2) is 5.28 Å². The van der Waals surface area contributed by atoms with E-state index in [1.165, 1.54) is 5.01 Å². The molecule has 0 spiro atoms. The molecule has 0 fully saturated rings. The van der Waals surface area contributed by atoms with Gasteiger partial charge in [0.1, 0.15) is 0 Å². The third-order valence-electron chi connectivity index (χ3n) is 1.34. The van der Waals surface area contributed by atoms with E-state index in [0.717, 1.165) is 6.42 Å². The summed E-state index contributed by atoms with van der Waals surface area (Å²) >= 11 is 0. The van der Waals surface area contributed by atoms with Gasteiger partial charge >= 0.3 is 0 Å². The molecule has 0 heterocycles. The maximum absolute atomic E-state index is 10.7. The number of rotatable bonds is 4. The zero-order valence-electron chi connectivity index (χ0n) is 7.15. The van der Waals surface area contributed by atoms with E-state index in [9.17, 15) is 10.4 Å². The van der Waals surface area contributed by atoms with E-state index in [1.807, 2.05) is 20.8 Å². The smallest absolute Gasteiger partial charge is 0.0820 e. The van der Waals surface area contributed by atoms with Crippen LogP contribution in [0.1, 0.15) is 27.2 Å². The summed E-state index contributed by atoms with van der Waals surface area (Å²) in [5, 5.41) is 24.2. The van der Waals surface area contributed by atoms with Gasteiger partial charge in [0.25, 0.3) is 0 Å². The molecule has 11 heavy (non-hydrogen) atoms. The Morgan fingerprint density at radius 1 is 1.55 bits per heavy atom. The van der Waals surface area contributed by atoms with Gasteiger partial charge in [0.2, 0.25) is 0 Å². The third-order valence-corrected chi connectivity index (χ3v) is 1.34. The maximum atomic E-state index is 10.7. The lowest BCUT2D eigenvalue weighted by atomic mass is 10.3. The second-order valence-corrected chi connectivity index (χ2v) is 2.59. The summed E-state index contributed by atoms with van der Waals surface area (Å²) in [4.78, 5) is 0.105. The minimum Gasteiger partial charge on any atom is -0.737 e. The van der Waals surface area contributed by atoms with Gasteiger partial charge < -0.3 is 10.4 Å². The minimum atomic E-state index is 0.0187. The Balaban J connectivity index is 4.10. The Kier molecular flexibility index (Phi) is 4.33. The van der Waals surface area contributed by atoms with E-state index in [-0.39, 0.29) is 11.0 Å². The van der Waals surface area contributed by atoms with Crippen molar-refractivity contribution in [2.75, 3.05) is 6.54 Å². The van der Waals surface area contributed by atoms with Crippen LogP contribution in [0.2, 0.25) is 0 Å². The Bertz CT molecular complexity index is 136. The topological polar surface area (TPSA) is 64.7 Å². The number of hydrogen-bond donors (Lipinski definition) is 0. The fourth-order valence-electron chi connectivity index (χ4n) is 0.817. The van der Waals surface area contributed by atoms with Crippen LogP contribution in [0.3, 0.4) is 0 Å². The fourth-order valence-corrected chi connectivity index (χ4v) is 0.817. The quantitative estimate of drug-likeness (QED) is 0.355. The molecule has 0 atom stereocenters. The van der Waals surface area contributed by atoms with Gasteiger partial charge in [-0.05, 0) is 25.5 Å². The van der Waals surface area contributed by atoms with Gasteiger partial charge in [-0.25, -0.2) is 0 Å². The monoisotopic (exact) mass is 160 g/mol. The van der Waals surface area contributed by atoms with Gasteiger partial charge in [0, 0.05) is 4.97 Å². The minimum absolute atomic E-state index is 0.0187. The first kappa shape index (κ1) is 10.0. The fraction of sp³-hybridized carbons (Fsp3) is 1.00. The van der Waals surface area contributed by atoms with Crippen LogP contribution in [0, 0.1) is 10.4 Å². The van der Waals surface area contributed by atoms with Crippen molar-refractivity contribution in [3.05, 3.63) is 10.4 Å². The van der Waals surface area contributed by atoms with Crippen LogP contribution in [-0.2, 0) is 0 Å². The summed E-state index contributed by atoms with van der Waals surface area (Å²) in [5.74, 6) is 0. The molecule has 0 aliphatic carbocycles. The van der Waals surface area contributed by atoms with Crippen molar-refractivity contribution in [1.82, 2.24) is 5.01 Å². The predicted octanol–water partition coefficient (Wildman–Crippen LogP) is 1.48. The van der Waals surface area contributed by atoms with Crippen molar-refractivity contribution in [2.45, 2.75) is 33.2 Å². The van der Waals surface area contributed by atoms with Crippen molar-refractivity contribution < 1.29 is 4.97 Å². The van der Waals surface area contributed by atoms with Crippen molar-refractivity contribution in [3.63, 3.8) is 0 Å². The van der Waals surface area contributed by atoms with Gasteiger partial charge in [-0.2, -0.15) is 0 Å². The number of hydrazine groups is 1. The van der Waals surface area contributed by atoms with Crippen molar-refractivity contribution >= 4 is 0 Å². The molecule has 0 aromatic rings. The van der Waals surface area contributed by atoms with Crippen molar-refractivity contribution in [2.24, 2.45) is 5.28 Å². The lowest BCUT2D eigenvalue weighted by Crippen LogP contribution is -2.37. The van der Waals surface area contributed by atoms with Crippen LogP contribution in [-0.4, -0.2) is 22.6 Å². The molecular formula is C6H14N3O2-. The van der Waals surface area contributed by atoms with E-state index in [0.29, 0.717) is 6.54 Å². The van der Waals surface area contributed by atoms with Gasteiger partial charge in [-0.1, -0.05) is 6.92 Å². The van der Waals surface area contributed by atoms with Crippen molar-refractivity contribution in [1.29, 1.82) is 0 Å². The Hall–Kier alpha value is -1.00. The van der Waals surface area contributed by atoms with E-state index >= 15 is 0 Å². The lowest BCUT2D eigenvalue weighted by molar-refractivity contribution is -0.697. The molecule has 5 nitrogen and oxygen atoms in total. The Morgan fingerprint density at radius 3 is 2.36 bits per heavy atom. The molecule has 5 heteroatoms. The van der Waals surface area contributed by atoms with Crippen LogP contribution in [0.4, 0.5) is 0 Å². The standard InChI is InChI=1S/C6H15N3O2/c1-4-5-8(6(2)3)9(11)7-10/h6,10H,4-5H2,1-3H3/p-1/b9-7-. The highest BCUT2D eigenvalue weighted by Crippen LogP contribution is 1.99. The van der Waals surface area contributed by atoms with E-state index in [2.05, 4.69) is 5.28 Å². The molecule has 0 N–H and O–H groups in total.